The number of fused-ring (bicyclic) bond motifs is 3. The molecule has 3 saturated heterocycles. The first-order valence-corrected chi connectivity index (χ1v) is 14.8. The van der Waals surface area contributed by atoms with Crippen LogP contribution in [0.1, 0.15) is 34.5 Å². The molecule has 6 rings (SSSR count). The summed E-state index contributed by atoms with van der Waals surface area (Å²) in [4.78, 5) is 48.1. The van der Waals surface area contributed by atoms with Crippen molar-refractivity contribution in [2.24, 2.45) is 5.92 Å². The molecule has 230 valence electrons. The van der Waals surface area contributed by atoms with Crippen molar-refractivity contribution in [3.8, 4) is 0 Å². The van der Waals surface area contributed by atoms with Gasteiger partial charge in [-0.1, -0.05) is 72.3 Å². The maximum absolute atomic E-state index is 13.8. The van der Waals surface area contributed by atoms with Gasteiger partial charge in [0.05, 0.1) is 19.1 Å². The molecule has 13 nitrogen and oxygen atoms in total. The van der Waals surface area contributed by atoms with Crippen molar-refractivity contribution in [3.63, 3.8) is 0 Å². The van der Waals surface area contributed by atoms with Crippen LogP contribution in [0.4, 0.5) is 11.6 Å². The van der Waals surface area contributed by atoms with Gasteiger partial charge >= 0.3 is 0 Å². The van der Waals surface area contributed by atoms with Crippen LogP contribution in [-0.2, 0) is 22.7 Å². The summed E-state index contributed by atoms with van der Waals surface area (Å²) < 4.78 is 0.239. The summed E-state index contributed by atoms with van der Waals surface area (Å²) >= 11 is 5.90. The highest BCUT2D eigenvalue weighted by Gasteiger charge is 2.55. The van der Waals surface area contributed by atoms with Gasteiger partial charge in [0.1, 0.15) is 6.54 Å². The first kappa shape index (κ1) is 30.7. The van der Waals surface area contributed by atoms with Crippen LogP contribution in [0.25, 0.3) is 0 Å². The molecular weight excluding hydrogens is 584 g/mol. The van der Waals surface area contributed by atoms with Gasteiger partial charge in [-0.05, 0) is 17.0 Å². The van der Waals surface area contributed by atoms with Crippen LogP contribution >= 0.6 is 11.6 Å². The summed E-state index contributed by atoms with van der Waals surface area (Å²) in [6.45, 7) is 2.29. The van der Waals surface area contributed by atoms with E-state index in [0.29, 0.717) is 32.7 Å². The molecule has 3 aliphatic heterocycles. The fraction of sp³-hybridized carbons (Fsp3) is 0.333. The van der Waals surface area contributed by atoms with E-state index in [9.17, 15) is 14.4 Å². The van der Waals surface area contributed by atoms with Crippen molar-refractivity contribution < 1.29 is 18.9 Å². The van der Waals surface area contributed by atoms with Crippen LogP contribution in [0, 0.1) is 11.3 Å². The zero-order chi connectivity index (χ0) is 31.3. The molecule has 1 atom stereocenters. The Morgan fingerprint density at radius 2 is 1.43 bits per heavy atom. The number of carbonyl (C=O) groups is 3. The van der Waals surface area contributed by atoms with Crippen molar-refractivity contribution in [1.82, 2.24) is 31.2 Å². The largest absolute Gasteiger partial charge is 0.382 e. The Bertz CT molecular complexity index is 1480. The molecule has 14 heteroatoms. The number of benzene rings is 2. The molecule has 44 heavy (non-hydrogen) atoms. The summed E-state index contributed by atoms with van der Waals surface area (Å²) in [6, 6.07) is 17.8. The molecule has 2 bridgehead atoms. The minimum absolute atomic E-state index is 0.106. The average Bonchev–Trinajstić information content (AvgIpc) is 3.02. The third kappa shape index (κ3) is 6.90. The fourth-order valence-corrected chi connectivity index (χ4v) is 6.26. The molecule has 1 aromatic heterocycles. The molecule has 3 aliphatic rings. The summed E-state index contributed by atoms with van der Waals surface area (Å²) in [6.07, 6.45) is 1.50. The Hall–Kier alpha value is -4.75. The fourth-order valence-electron chi connectivity index (χ4n) is 6.14. The normalized spacial score (nSPS) is 20.5. The van der Waals surface area contributed by atoms with E-state index in [4.69, 9.17) is 28.5 Å². The maximum Gasteiger partial charge on any atom is 0.288 e. The molecule has 4 heterocycles. The maximum atomic E-state index is 13.8. The number of aromatic nitrogens is 2. The number of amides is 3. The van der Waals surface area contributed by atoms with Gasteiger partial charge < -0.3 is 31.9 Å². The highest BCUT2D eigenvalue weighted by Crippen LogP contribution is 2.36. The molecule has 9 N–H and O–H groups in total. The zero-order valence-electron chi connectivity index (χ0n) is 24.1. The van der Waals surface area contributed by atoms with E-state index in [-0.39, 0.29) is 56.7 Å². The number of piperidine rings is 3. The van der Waals surface area contributed by atoms with Gasteiger partial charge in [-0.25, -0.2) is 9.97 Å². The van der Waals surface area contributed by atoms with Crippen molar-refractivity contribution in [3.05, 3.63) is 82.6 Å². The lowest BCUT2D eigenvalue weighted by atomic mass is 9.80. The summed E-state index contributed by atoms with van der Waals surface area (Å²) in [5.74, 6) is -1.85. The number of nitrogens with two attached hydrogens (primary N) is 2. The third-order valence-corrected chi connectivity index (χ3v) is 8.65. The molecule has 0 saturated carbocycles. The van der Waals surface area contributed by atoms with Gasteiger partial charge in [0, 0.05) is 25.9 Å². The molecule has 3 aromatic rings. The second-order valence-electron chi connectivity index (χ2n) is 11.2. The Balaban J connectivity index is 1.31. The molecular formula is C30H36ClN10O3+. The van der Waals surface area contributed by atoms with E-state index in [1.165, 1.54) is 0 Å². The standard InChI is InChI=1S/C30H35ClN10O3/c31-24-26(33)39-25(32)22(38-24)27(42)40-30(34)37-21-17-41(13-11-20(21)12-14-41)23(28(43)35-15-18-7-3-1-4-8-18)29(44)36-16-19-9-5-2-6-10-19/h1-10,20-21,23H,11-17H2,(H8-,32,33,34,35,36,37,39,40,42,43,44)/p+1/t20?,21-,41?/m1/s1. The molecule has 0 aliphatic carbocycles. The quantitative estimate of drug-likeness (QED) is 0.0800. The smallest absolute Gasteiger partial charge is 0.288 e. The number of hydrogen-bond donors (Lipinski definition) is 7. The van der Waals surface area contributed by atoms with Gasteiger partial charge in [-0.3, -0.25) is 25.1 Å². The van der Waals surface area contributed by atoms with Crippen LogP contribution in [-0.4, -0.2) is 69.9 Å². The topological polar surface area (TPSA) is 201 Å². The van der Waals surface area contributed by atoms with E-state index in [2.05, 4.69) is 31.2 Å². The predicted molar refractivity (Wildman–Crippen MR) is 166 cm³/mol. The predicted octanol–water partition coefficient (Wildman–Crippen LogP) is 1.16. The number of anilines is 2. The molecule has 0 spiro atoms. The lowest BCUT2D eigenvalue weighted by molar-refractivity contribution is -0.950. The number of nitrogens with one attached hydrogen (secondary N) is 5. The average molecular weight is 620 g/mol. The van der Waals surface area contributed by atoms with E-state index < -0.39 is 11.9 Å². The molecule has 0 radical (unpaired) electrons. The lowest BCUT2D eigenvalue weighted by Crippen LogP contribution is -2.75. The Morgan fingerprint density at radius 3 is 1.98 bits per heavy atom. The minimum atomic E-state index is -0.997. The van der Waals surface area contributed by atoms with Gasteiger partial charge in [-0.15, -0.1) is 0 Å². The number of quaternary nitrogens is 1. The first-order chi connectivity index (χ1) is 21.1. The lowest BCUT2D eigenvalue weighted by Gasteiger charge is -2.54. The van der Waals surface area contributed by atoms with Crippen molar-refractivity contribution >= 4 is 46.9 Å². The van der Waals surface area contributed by atoms with Gasteiger partial charge in [-0.2, -0.15) is 0 Å². The van der Waals surface area contributed by atoms with Crippen molar-refractivity contribution in [2.75, 3.05) is 31.1 Å². The number of hydrogen-bond acceptors (Lipinski definition) is 8. The van der Waals surface area contributed by atoms with E-state index in [0.717, 1.165) is 24.0 Å². The summed E-state index contributed by atoms with van der Waals surface area (Å²) in [5.41, 5.74) is 13.0. The van der Waals surface area contributed by atoms with Crippen LogP contribution in [0.2, 0.25) is 5.15 Å². The molecule has 3 amide bonds. The summed E-state index contributed by atoms with van der Waals surface area (Å²) in [5, 5.41) is 19.8. The van der Waals surface area contributed by atoms with Crippen LogP contribution < -0.4 is 32.7 Å². The van der Waals surface area contributed by atoms with Gasteiger partial charge in [0.25, 0.3) is 17.7 Å². The number of guanidine groups is 1. The van der Waals surface area contributed by atoms with E-state index >= 15 is 0 Å². The second-order valence-corrected chi connectivity index (χ2v) is 11.6. The van der Waals surface area contributed by atoms with Crippen LogP contribution in [0.15, 0.2) is 60.7 Å². The van der Waals surface area contributed by atoms with Crippen LogP contribution in [0.3, 0.4) is 0 Å². The highest BCUT2D eigenvalue weighted by atomic mass is 35.5. The number of halogens is 1. The SMILES string of the molecule is N=C(NC(=O)c1nc(Cl)c(N)nc1N)N[C@@H]1C[N+]2(C(C(=O)NCc3ccccc3)C(=O)NCc3ccccc3)CCC1CC2. The van der Waals surface area contributed by atoms with Gasteiger partial charge in [0.2, 0.25) is 6.04 Å². The van der Waals surface area contributed by atoms with Crippen LogP contribution in [0.5, 0.6) is 0 Å². The van der Waals surface area contributed by atoms with E-state index in [1.807, 2.05) is 60.7 Å². The zero-order valence-corrected chi connectivity index (χ0v) is 24.8. The number of carbonyl (C=O) groups excluding carboxylic acids is 3. The number of nitrogen functional groups attached to an aromatic ring is 2. The van der Waals surface area contributed by atoms with E-state index in [1.54, 1.807) is 0 Å². The van der Waals surface area contributed by atoms with Gasteiger partial charge in [0.15, 0.2) is 28.4 Å². The molecule has 0 unspecified atom stereocenters. The highest BCUT2D eigenvalue weighted by molar-refractivity contribution is 6.31. The second kappa shape index (κ2) is 13.3. The number of nitrogens with zero attached hydrogens (tertiary/aromatic N) is 3. The minimum Gasteiger partial charge on any atom is -0.382 e. The third-order valence-electron chi connectivity index (χ3n) is 8.37. The summed E-state index contributed by atoms with van der Waals surface area (Å²) in [7, 11) is 0. The van der Waals surface area contributed by atoms with Crippen molar-refractivity contribution in [1.29, 1.82) is 5.41 Å². The first-order valence-electron chi connectivity index (χ1n) is 14.4. The van der Waals surface area contributed by atoms with Crippen molar-refractivity contribution in [2.45, 2.75) is 38.0 Å². The Labute approximate surface area is 259 Å². The molecule has 3 fully saturated rings. The monoisotopic (exact) mass is 619 g/mol. The molecule has 2 aromatic carbocycles. The number of rotatable bonds is 9. The Morgan fingerprint density at radius 1 is 0.886 bits per heavy atom. The Kier molecular flexibility index (Phi) is 9.26.